The fraction of sp³-hybridized carbons (Fsp3) is 0.240. The first-order valence-corrected chi connectivity index (χ1v) is 12.8. The summed E-state index contributed by atoms with van der Waals surface area (Å²) in [7, 11) is -3.80. The monoisotopic (exact) mass is 499 g/mol. The normalized spacial score (nSPS) is 14.5. The summed E-state index contributed by atoms with van der Waals surface area (Å²) < 4.78 is 33.5. The number of amides is 1. The van der Waals surface area contributed by atoms with Gasteiger partial charge in [0, 0.05) is 35.9 Å². The second-order valence-corrected chi connectivity index (χ2v) is 10.3. The van der Waals surface area contributed by atoms with E-state index in [0.717, 1.165) is 44.0 Å². The van der Waals surface area contributed by atoms with Gasteiger partial charge in [-0.05, 0) is 66.6 Å². The van der Waals surface area contributed by atoms with Gasteiger partial charge in [0.05, 0.1) is 23.8 Å². The van der Waals surface area contributed by atoms with Crippen molar-refractivity contribution < 1.29 is 17.9 Å². The Labute approximate surface area is 204 Å². The van der Waals surface area contributed by atoms with Crippen LogP contribution in [0.4, 0.5) is 11.4 Å². The topological polar surface area (TPSA) is 87.7 Å². The van der Waals surface area contributed by atoms with Crippen molar-refractivity contribution in [2.75, 3.05) is 36.3 Å². The number of rotatable bonds is 7. The summed E-state index contributed by atoms with van der Waals surface area (Å²) in [6.45, 7) is 5.74. The maximum absolute atomic E-state index is 12.8. The molecule has 2 N–H and O–H groups in total. The Morgan fingerprint density at radius 1 is 1.03 bits per heavy atom. The molecule has 4 rings (SSSR count). The van der Waals surface area contributed by atoms with Gasteiger partial charge in [-0.3, -0.25) is 14.4 Å². The first-order valence-electron chi connectivity index (χ1n) is 10.9. The molecular weight excluding hydrogens is 474 g/mol. The zero-order valence-electron chi connectivity index (χ0n) is 18.8. The van der Waals surface area contributed by atoms with Gasteiger partial charge in [0.15, 0.2) is 0 Å². The highest BCUT2D eigenvalue weighted by Gasteiger charge is 2.16. The van der Waals surface area contributed by atoms with Crippen molar-refractivity contribution in [2.45, 2.75) is 18.4 Å². The number of carbonyl (C=O) groups is 1. The van der Waals surface area contributed by atoms with Crippen LogP contribution in [0.2, 0.25) is 5.02 Å². The Kier molecular flexibility index (Phi) is 7.53. The summed E-state index contributed by atoms with van der Waals surface area (Å²) >= 11 is 5.99. The smallest absolute Gasteiger partial charge is 0.261 e. The van der Waals surface area contributed by atoms with Crippen molar-refractivity contribution in [3.05, 3.63) is 88.4 Å². The number of morpholine rings is 1. The van der Waals surface area contributed by atoms with Gasteiger partial charge in [-0.2, -0.15) is 0 Å². The minimum Gasteiger partial charge on any atom is -0.379 e. The average Bonchev–Trinajstić information content (AvgIpc) is 2.82. The highest BCUT2D eigenvalue weighted by molar-refractivity contribution is 7.92. The second-order valence-electron chi connectivity index (χ2n) is 8.13. The highest BCUT2D eigenvalue weighted by atomic mass is 35.5. The molecule has 1 heterocycles. The van der Waals surface area contributed by atoms with Crippen molar-refractivity contribution in [3.63, 3.8) is 0 Å². The lowest BCUT2D eigenvalue weighted by atomic mass is 10.1. The predicted octanol–water partition coefficient (Wildman–Crippen LogP) is 4.53. The molecule has 9 heteroatoms. The molecule has 1 saturated heterocycles. The van der Waals surface area contributed by atoms with Gasteiger partial charge in [0.1, 0.15) is 0 Å². The summed E-state index contributed by atoms with van der Waals surface area (Å²) in [5.41, 5.74) is 3.27. The minimum absolute atomic E-state index is 0.0809. The standard InChI is InChI=1S/C25H26ClN3O4S/c1-18-5-6-21(26)16-24(18)28-34(31,32)23-9-7-22(8-10-23)27-25(30)20-4-2-3-19(15-20)17-29-11-13-33-14-12-29/h2-10,15-16,28H,11-14,17H2,1H3,(H,27,30). The summed E-state index contributed by atoms with van der Waals surface area (Å²) in [5.74, 6) is -0.257. The molecule has 3 aromatic rings. The van der Waals surface area contributed by atoms with Crippen LogP contribution in [0.3, 0.4) is 0 Å². The average molecular weight is 500 g/mol. The number of nitrogens with zero attached hydrogens (tertiary/aromatic N) is 1. The van der Waals surface area contributed by atoms with E-state index in [2.05, 4.69) is 14.9 Å². The van der Waals surface area contributed by atoms with Crippen LogP contribution in [0.5, 0.6) is 0 Å². The minimum atomic E-state index is -3.80. The number of aryl methyl sites for hydroxylation is 1. The third-order valence-electron chi connectivity index (χ3n) is 5.57. The molecule has 0 aromatic heterocycles. The first kappa shape index (κ1) is 24.2. The molecular formula is C25H26ClN3O4S. The van der Waals surface area contributed by atoms with Crippen LogP contribution in [-0.2, 0) is 21.3 Å². The van der Waals surface area contributed by atoms with Crippen LogP contribution < -0.4 is 10.0 Å². The Hall–Kier alpha value is -2.91. The van der Waals surface area contributed by atoms with Gasteiger partial charge in [-0.25, -0.2) is 8.42 Å². The van der Waals surface area contributed by atoms with E-state index in [1.54, 1.807) is 43.3 Å². The van der Waals surface area contributed by atoms with Crippen LogP contribution in [0.15, 0.2) is 71.6 Å². The van der Waals surface area contributed by atoms with Gasteiger partial charge in [-0.15, -0.1) is 0 Å². The molecule has 0 bridgehead atoms. The van der Waals surface area contributed by atoms with Gasteiger partial charge in [0.2, 0.25) is 0 Å². The quantitative estimate of drug-likeness (QED) is 0.498. The maximum Gasteiger partial charge on any atom is 0.261 e. The van der Waals surface area contributed by atoms with E-state index >= 15 is 0 Å². The maximum atomic E-state index is 12.8. The number of sulfonamides is 1. The van der Waals surface area contributed by atoms with Crippen LogP contribution in [0, 0.1) is 6.92 Å². The first-order chi connectivity index (χ1) is 16.3. The van der Waals surface area contributed by atoms with Crippen molar-refractivity contribution in [2.24, 2.45) is 0 Å². The third-order valence-corrected chi connectivity index (χ3v) is 7.18. The van der Waals surface area contributed by atoms with Gasteiger partial charge in [-0.1, -0.05) is 29.8 Å². The Balaban J connectivity index is 1.41. The number of nitrogens with one attached hydrogen (secondary N) is 2. The zero-order chi connectivity index (χ0) is 24.1. The molecule has 1 aliphatic heterocycles. The third kappa shape index (κ3) is 6.15. The molecule has 1 amide bonds. The molecule has 0 aliphatic carbocycles. The second kappa shape index (κ2) is 10.6. The van der Waals surface area contributed by atoms with Gasteiger partial charge in [0.25, 0.3) is 15.9 Å². The van der Waals surface area contributed by atoms with Crippen molar-refractivity contribution in [1.82, 2.24) is 4.90 Å². The number of ether oxygens (including phenoxy) is 1. The van der Waals surface area contributed by atoms with Crippen LogP contribution in [-0.4, -0.2) is 45.5 Å². The predicted molar refractivity (Wildman–Crippen MR) is 134 cm³/mol. The fourth-order valence-electron chi connectivity index (χ4n) is 3.66. The Bertz CT molecular complexity index is 1270. The number of carbonyl (C=O) groups excluding carboxylic acids is 1. The van der Waals surface area contributed by atoms with E-state index in [1.165, 1.54) is 12.1 Å². The largest absolute Gasteiger partial charge is 0.379 e. The summed E-state index contributed by atoms with van der Waals surface area (Å²) in [6, 6.07) is 18.5. The molecule has 1 fully saturated rings. The van der Waals surface area contributed by atoms with E-state index in [-0.39, 0.29) is 10.8 Å². The lowest BCUT2D eigenvalue weighted by Gasteiger charge is -2.26. The van der Waals surface area contributed by atoms with Crippen LogP contribution in [0.1, 0.15) is 21.5 Å². The molecule has 0 spiro atoms. The SMILES string of the molecule is Cc1ccc(Cl)cc1NS(=O)(=O)c1ccc(NC(=O)c2cccc(CN3CCOCC3)c2)cc1. The van der Waals surface area contributed by atoms with Gasteiger partial charge < -0.3 is 10.1 Å². The molecule has 0 unspecified atom stereocenters. The van der Waals surface area contributed by atoms with E-state index in [0.29, 0.717) is 22.0 Å². The fourth-order valence-corrected chi connectivity index (χ4v) is 4.95. The van der Waals surface area contributed by atoms with Crippen LogP contribution >= 0.6 is 11.6 Å². The van der Waals surface area contributed by atoms with Gasteiger partial charge >= 0.3 is 0 Å². The lowest BCUT2D eigenvalue weighted by molar-refractivity contribution is 0.0342. The molecule has 34 heavy (non-hydrogen) atoms. The highest BCUT2D eigenvalue weighted by Crippen LogP contribution is 2.24. The number of hydrogen-bond acceptors (Lipinski definition) is 5. The number of anilines is 2. The molecule has 0 atom stereocenters. The summed E-state index contributed by atoms with van der Waals surface area (Å²) in [6.07, 6.45) is 0. The summed E-state index contributed by atoms with van der Waals surface area (Å²) in [5, 5.41) is 3.27. The molecule has 7 nitrogen and oxygen atoms in total. The molecule has 178 valence electrons. The Morgan fingerprint density at radius 2 is 1.76 bits per heavy atom. The number of halogens is 1. The molecule has 1 aliphatic rings. The van der Waals surface area contributed by atoms with E-state index in [9.17, 15) is 13.2 Å². The molecule has 0 saturated carbocycles. The molecule has 0 radical (unpaired) electrons. The number of benzene rings is 3. The van der Waals surface area contributed by atoms with E-state index in [1.807, 2.05) is 18.2 Å². The van der Waals surface area contributed by atoms with E-state index < -0.39 is 10.0 Å². The number of hydrogen-bond donors (Lipinski definition) is 2. The van der Waals surface area contributed by atoms with Crippen molar-refractivity contribution in [3.8, 4) is 0 Å². The molecule has 3 aromatic carbocycles. The van der Waals surface area contributed by atoms with Crippen LogP contribution in [0.25, 0.3) is 0 Å². The Morgan fingerprint density at radius 3 is 2.50 bits per heavy atom. The van der Waals surface area contributed by atoms with Crippen molar-refractivity contribution >= 4 is 38.9 Å². The zero-order valence-corrected chi connectivity index (χ0v) is 20.3. The summed E-state index contributed by atoms with van der Waals surface area (Å²) in [4.78, 5) is 15.1. The van der Waals surface area contributed by atoms with E-state index in [4.69, 9.17) is 16.3 Å². The van der Waals surface area contributed by atoms with Crippen molar-refractivity contribution in [1.29, 1.82) is 0 Å². The lowest BCUT2D eigenvalue weighted by Crippen LogP contribution is -2.35.